The van der Waals surface area contributed by atoms with Crippen molar-refractivity contribution in [3.8, 4) is 17.1 Å². The largest absolute Gasteiger partial charge is 0.472 e. The van der Waals surface area contributed by atoms with Gasteiger partial charge in [0.1, 0.15) is 6.61 Å². The molecule has 0 bridgehead atoms. The number of benzene rings is 2. The molecule has 0 saturated heterocycles. The summed E-state index contributed by atoms with van der Waals surface area (Å²) in [6.07, 6.45) is 19.1. The van der Waals surface area contributed by atoms with Crippen LogP contribution in [0.3, 0.4) is 0 Å². The Morgan fingerprint density at radius 2 is 1.09 bits per heavy atom. The van der Waals surface area contributed by atoms with Crippen molar-refractivity contribution in [2.45, 2.75) is 97.5 Å². The first-order valence-electron chi connectivity index (χ1n) is 13.4. The second-order valence-corrected chi connectivity index (χ2v) is 9.37. The fourth-order valence-electron chi connectivity index (χ4n) is 4.21. The van der Waals surface area contributed by atoms with Crippen LogP contribution < -0.4 is 4.74 Å². The minimum absolute atomic E-state index is 0.512. The Morgan fingerprint density at radius 1 is 0.559 bits per heavy atom. The highest BCUT2D eigenvalue weighted by atomic mass is 16.5. The summed E-state index contributed by atoms with van der Waals surface area (Å²) >= 11 is 0. The second-order valence-electron chi connectivity index (χ2n) is 9.37. The van der Waals surface area contributed by atoms with Gasteiger partial charge in [-0.25, -0.2) is 9.97 Å². The molecule has 0 N–H and O–H groups in total. The lowest BCUT2D eigenvalue weighted by atomic mass is 10.0. The lowest BCUT2D eigenvalue weighted by Crippen LogP contribution is -1.99. The molecule has 1 aromatic heterocycles. The zero-order chi connectivity index (χ0) is 23.8. The molecule has 0 aliphatic heterocycles. The summed E-state index contributed by atoms with van der Waals surface area (Å²) in [4.78, 5) is 9.04. The van der Waals surface area contributed by atoms with Gasteiger partial charge in [0.2, 0.25) is 5.88 Å². The molecule has 0 atom stereocenters. The van der Waals surface area contributed by atoms with E-state index < -0.39 is 0 Å². The molecule has 3 heteroatoms. The van der Waals surface area contributed by atoms with Crippen molar-refractivity contribution < 1.29 is 4.74 Å². The molecule has 182 valence electrons. The summed E-state index contributed by atoms with van der Waals surface area (Å²) in [5.74, 6) is 0.562. The molecule has 3 nitrogen and oxygen atoms in total. The third-order valence-electron chi connectivity index (χ3n) is 6.43. The molecule has 1 heterocycles. The highest BCUT2D eigenvalue weighted by Gasteiger charge is 2.04. The first-order valence-corrected chi connectivity index (χ1v) is 13.4. The first kappa shape index (κ1) is 25.9. The zero-order valence-electron chi connectivity index (χ0n) is 21.3. The van der Waals surface area contributed by atoms with Gasteiger partial charge in [0.05, 0.1) is 18.1 Å². The SMILES string of the molecule is CCCCCCCc1ccc(COc2cnc(-c3ccc(CCCCCCC)cc3)cn2)cc1. The zero-order valence-corrected chi connectivity index (χ0v) is 21.3. The van der Waals surface area contributed by atoms with Gasteiger partial charge in [-0.3, -0.25) is 0 Å². The second kappa shape index (κ2) is 15.3. The summed E-state index contributed by atoms with van der Waals surface area (Å²) in [5.41, 5.74) is 5.94. The molecule has 0 spiro atoms. The van der Waals surface area contributed by atoms with Crippen LogP contribution in [0.5, 0.6) is 5.88 Å². The van der Waals surface area contributed by atoms with Crippen LogP contribution in [0.15, 0.2) is 60.9 Å². The maximum absolute atomic E-state index is 5.87. The molecular formula is C31H42N2O. The van der Waals surface area contributed by atoms with Crippen LogP contribution in [0.25, 0.3) is 11.3 Å². The Morgan fingerprint density at radius 3 is 1.62 bits per heavy atom. The summed E-state index contributed by atoms with van der Waals surface area (Å²) in [6, 6.07) is 17.5. The summed E-state index contributed by atoms with van der Waals surface area (Å²) < 4.78 is 5.87. The van der Waals surface area contributed by atoms with Crippen LogP contribution in [0.4, 0.5) is 0 Å². The van der Waals surface area contributed by atoms with Crippen LogP contribution in [0, 0.1) is 0 Å². The molecule has 0 aliphatic rings. The molecule has 0 fully saturated rings. The smallest absolute Gasteiger partial charge is 0.232 e. The number of unbranched alkanes of at least 4 members (excludes halogenated alkanes) is 8. The van der Waals surface area contributed by atoms with Crippen molar-refractivity contribution in [3.05, 3.63) is 77.6 Å². The van der Waals surface area contributed by atoms with E-state index in [2.05, 4.69) is 72.3 Å². The minimum Gasteiger partial charge on any atom is -0.472 e. The Hall–Kier alpha value is -2.68. The monoisotopic (exact) mass is 458 g/mol. The predicted molar refractivity (Wildman–Crippen MR) is 143 cm³/mol. The van der Waals surface area contributed by atoms with Gasteiger partial charge in [-0.05, 0) is 42.4 Å². The highest BCUT2D eigenvalue weighted by Crippen LogP contribution is 2.20. The van der Waals surface area contributed by atoms with Gasteiger partial charge < -0.3 is 4.74 Å². The van der Waals surface area contributed by atoms with Crippen molar-refractivity contribution >= 4 is 0 Å². The fraction of sp³-hybridized carbons (Fsp3) is 0.484. The molecule has 34 heavy (non-hydrogen) atoms. The molecule has 0 unspecified atom stereocenters. The van der Waals surface area contributed by atoms with Gasteiger partial charge in [-0.2, -0.15) is 0 Å². The predicted octanol–water partition coefficient (Wildman–Crippen LogP) is 8.75. The van der Waals surface area contributed by atoms with Gasteiger partial charge in [0, 0.05) is 5.56 Å². The average Bonchev–Trinajstić information content (AvgIpc) is 2.89. The van der Waals surface area contributed by atoms with E-state index in [1.165, 1.54) is 75.3 Å². The van der Waals surface area contributed by atoms with Crippen molar-refractivity contribution in [1.82, 2.24) is 9.97 Å². The minimum atomic E-state index is 0.512. The normalized spacial score (nSPS) is 11.0. The molecule has 0 saturated carbocycles. The van der Waals surface area contributed by atoms with E-state index in [1.54, 1.807) is 12.4 Å². The fourth-order valence-corrected chi connectivity index (χ4v) is 4.21. The van der Waals surface area contributed by atoms with Gasteiger partial charge in [-0.1, -0.05) is 114 Å². The van der Waals surface area contributed by atoms with Crippen LogP contribution in [0.1, 0.15) is 94.7 Å². The lowest BCUT2D eigenvalue weighted by Gasteiger charge is -2.08. The Balaban J connectivity index is 1.41. The summed E-state index contributed by atoms with van der Waals surface area (Å²) in [6.45, 7) is 5.03. The molecule has 3 aromatic rings. The van der Waals surface area contributed by atoms with Crippen LogP contribution in [-0.4, -0.2) is 9.97 Å². The average molecular weight is 459 g/mol. The van der Waals surface area contributed by atoms with E-state index >= 15 is 0 Å². The number of hydrogen-bond donors (Lipinski definition) is 0. The molecule has 0 radical (unpaired) electrons. The van der Waals surface area contributed by atoms with Gasteiger partial charge in [0.15, 0.2) is 0 Å². The molecule has 3 rings (SSSR count). The van der Waals surface area contributed by atoms with Crippen LogP contribution >= 0.6 is 0 Å². The van der Waals surface area contributed by atoms with E-state index in [0.717, 1.165) is 29.7 Å². The van der Waals surface area contributed by atoms with E-state index in [-0.39, 0.29) is 0 Å². The number of aryl methyl sites for hydroxylation is 2. The number of nitrogens with zero attached hydrogens (tertiary/aromatic N) is 2. The van der Waals surface area contributed by atoms with E-state index in [4.69, 9.17) is 4.74 Å². The van der Waals surface area contributed by atoms with E-state index in [0.29, 0.717) is 12.5 Å². The van der Waals surface area contributed by atoms with Crippen molar-refractivity contribution in [3.63, 3.8) is 0 Å². The highest BCUT2D eigenvalue weighted by molar-refractivity contribution is 5.58. The van der Waals surface area contributed by atoms with E-state index in [9.17, 15) is 0 Å². The van der Waals surface area contributed by atoms with Crippen molar-refractivity contribution in [2.24, 2.45) is 0 Å². The van der Waals surface area contributed by atoms with E-state index in [1.807, 2.05) is 0 Å². The number of rotatable bonds is 16. The Kier molecular flexibility index (Phi) is 11.6. The van der Waals surface area contributed by atoms with Crippen LogP contribution in [-0.2, 0) is 19.4 Å². The number of ether oxygens (including phenoxy) is 1. The quantitative estimate of drug-likeness (QED) is 0.201. The van der Waals surface area contributed by atoms with Crippen LogP contribution in [0.2, 0.25) is 0 Å². The molecule has 0 amide bonds. The molecule has 0 aliphatic carbocycles. The Bertz CT molecular complexity index is 917. The third kappa shape index (κ3) is 9.29. The van der Waals surface area contributed by atoms with Gasteiger partial charge in [-0.15, -0.1) is 0 Å². The Labute approximate surface area is 207 Å². The number of hydrogen-bond acceptors (Lipinski definition) is 3. The standard InChI is InChI=1S/C31H42N2O/c1-3-5-7-9-11-13-26-15-17-28(18-16-26)25-34-31-24-32-30(23-33-31)29-21-19-27(20-22-29)14-12-10-8-6-4-2/h15-24H,3-14,25H2,1-2H3. The first-order chi connectivity index (χ1) is 16.8. The summed E-state index contributed by atoms with van der Waals surface area (Å²) in [5, 5.41) is 0. The lowest BCUT2D eigenvalue weighted by molar-refractivity contribution is 0.292. The molecular weight excluding hydrogens is 416 g/mol. The third-order valence-corrected chi connectivity index (χ3v) is 6.43. The molecule has 2 aromatic carbocycles. The van der Waals surface area contributed by atoms with Crippen molar-refractivity contribution in [1.29, 1.82) is 0 Å². The van der Waals surface area contributed by atoms with Gasteiger partial charge in [0.25, 0.3) is 0 Å². The summed E-state index contributed by atoms with van der Waals surface area (Å²) in [7, 11) is 0. The topological polar surface area (TPSA) is 35.0 Å². The van der Waals surface area contributed by atoms with Crippen molar-refractivity contribution in [2.75, 3.05) is 0 Å². The maximum Gasteiger partial charge on any atom is 0.232 e. The number of aromatic nitrogens is 2. The van der Waals surface area contributed by atoms with Gasteiger partial charge >= 0.3 is 0 Å². The maximum atomic E-state index is 5.87.